The highest BCUT2D eigenvalue weighted by molar-refractivity contribution is 5.85. The van der Waals surface area contributed by atoms with Gasteiger partial charge in [-0.15, -0.1) is 0 Å². The Hall–Kier alpha value is -1.97. The molecule has 0 aliphatic heterocycles. The molecule has 0 spiro atoms. The lowest BCUT2D eigenvalue weighted by atomic mass is 10.1. The van der Waals surface area contributed by atoms with Crippen molar-refractivity contribution in [2.45, 2.75) is 0 Å². The van der Waals surface area contributed by atoms with E-state index in [1.807, 2.05) is 0 Å². The molecule has 0 amide bonds. The summed E-state index contributed by atoms with van der Waals surface area (Å²) in [6.45, 7) is 0. The Morgan fingerprint density at radius 2 is 2.27 bits per heavy atom. The summed E-state index contributed by atoms with van der Waals surface area (Å²) in [5.41, 5.74) is 1.58. The van der Waals surface area contributed by atoms with Crippen LogP contribution in [0.2, 0.25) is 0 Å². The Bertz CT molecular complexity index is 505. The highest BCUT2D eigenvalue weighted by atomic mass is 19.1. The third-order valence-electron chi connectivity index (χ3n) is 2.08. The van der Waals surface area contributed by atoms with E-state index >= 15 is 0 Å². The van der Waals surface area contributed by atoms with Gasteiger partial charge in [0.05, 0.1) is 5.56 Å². The van der Waals surface area contributed by atoms with Gasteiger partial charge in [0.25, 0.3) is 0 Å². The number of carbonyl (C=O) groups is 1. The standard InChI is InChI=1S/C11H9FN2O/c1-14-6-9(7-15)11(13-14)8-3-2-4-10(12)5-8/h2-7H,1H3. The first-order valence-corrected chi connectivity index (χ1v) is 4.45. The average molecular weight is 204 g/mol. The fraction of sp³-hybridized carbons (Fsp3) is 0.0909. The minimum Gasteiger partial charge on any atom is -0.298 e. The molecule has 1 heterocycles. The molecule has 0 radical (unpaired) electrons. The molecule has 0 aliphatic rings. The molecule has 1 aromatic heterocycles. The van der Waals surface area contributed by atoms with Gasteiger partial charge in [0, 0.05) is 18.8 Å². The van der Waals surface area contributed by atoms with Crippen molar-refractivity contribution in [2.24, 2.45) is 7.05 Å². The van der Waals surface area contributed by atoms with E-state index in [9.17, 15) is 9.18 Å². The van der Waals surface area contributed by atoms with E-state index < -0.39 is 0 Å². The van der Waals surface area contributed by atoms with E-state index in [2.05, 4.69) is 5.10 Å². The summed E-state index contributed by atoms with van der Waals surface area (Å²) in [5.74, 6) is -0.338. The summed E-state index contributed by atoms with van der Waals surface area (Å²) in [5, 5.41) is 4.11. The molecule has 0 saturated heterocycles. The molecule has 0 aliphatic carbocycles. The zero-order chi connectivity index (χ0) is 10.8. The van der Waals surface area contributed by atoms with Crippen molar-refractivity contribution in [3.63, 3.8) is 0 Å². The second-order valence-corrected chi connectivity index (χ2v) is 3.23. The molecule has 76 valence electrons. The van der Waals surface area contributed by atoms with Crippen LogP contribution < -0.4 is 0 Å². The van der Waals surface area contributed by atoms with Gasteiger partial charge in [-0.1, -0.05) is 12.1 Å². The number of rotatable bonds is 2. The number of nitrogens with zero attached hydrogens (tertiary/aromatic N) is 2. The Kier molecular flexibility index (Phi) is 2.33. The van der Waals surface area contributed by atoms with Gasteiger partial charge in [0.15, 0.2) is 6.29 Å². The zero-order valence-electron chi connectivity index (χ0n) is 8.14. The maximum absolute atomic E-state index is 13.0. The molecule has 0 atom stereocenters. The molecule has 0 bridgehead atoms. The summed E-state index contributed by atoms with van der Waals surface area (Å²) >= 11 is 0. The van der Waals surface area contributed by atoms with E-state index in [1.54, 1.807) is 25.4 Å². The van der Waals surface area contributed by atoms with E-state index in [0.29, 0.717) is 23.1 Å². The molecule has 0 N–H and O–H groups in total. The molecule has 3 nitrogen and oxygen atoms in total. The van der Waals surface area contributed by atoms with Crippen molar-refractivity contribution in [2.75, 3.05) is 0 Å². The van der Waals surface area contributed by atoms with Crippen LogP contribution in [0, 0.1) is 5.82 Å². The van der Waals surface area contributed by atoms with E-state index in [4.69, 9.17) is 0 Å². The molecular formula is C11H9FN2O. The summed E-state index contributed by atoms with van der Waals surface area (Å²) in [6, 6.07) is 6.02. The third-order valence-corrected chi connectivity index (χ3v) is 2.08. The lowest BCUT2D eigenvalue weighted by Crippen LogP contribution is -1.88. The van der Waals surface area contributed by atoms with Gasteiger partial charge >= 0.3 is 0 Å². The van der Waals surface area contributed by atoms with Crippen molar-refractivity contribution < 1.29 is 9.18 Å². The van der Waals surface area contributed by atoms with Crippen LogP contribution in [0.15, 0.2) is 30.5 Å². The van der Waals surface area contributed by atoms with Gasteiger partial charge in [-0.25, -0.2) is 4.39 Å². The predicted molar refractivity (Wildman–Crippen MR) is 54.0 cm³/mol. The van der Waals surface area contributed by atoms with E-state index in [-0.39, 0.29) is 5.82 Å². The second kappa shape index (κ2) is 3.65. The maximum atomic E-state index is 13.0. The van der Waals surface area contributed by atoms with Crippen LogP contribution in [0.25, 0.3) is 11.3 Å². The Morgan fingerprint density at radius 1 is 1.47 bits per heavy atom. The molecule has 0 saturated carbocycles. The number of benzene rings is 1. The predicted octanol–water partition coefficient (Wildman–Crippen LogP) is 2.04. The summed E-state index contributed by atoms with van der Waals surface area (Å²) in [4.78, 5) is 10.8. The highest BCUT2D eigenvalue weighted by Crippen LogP contribution is 2.21. The second-order valence-electron chi connectivity index (χ2n) is 3.23. The van der Waals surface area contributed by atoms with Gasteiger partial charge in [-0.05, 0) is 12.1 Å². The number of aldehydes is 1. The van der Waals surface area contributed by atoms with Gasteiger partial charge in [-0.2, -0.15) is 5.10 Å². The molecule has 2 aromatic rings. The van der Waals surface area contributed by atoms with Gasteiger partial charge in [0.2, 0.25) is 0 Å². The SMILES string of the molecule is Cn1cc(C=O)c(-c2cccc(F)c2)n1. The van der Waals surface area contributed by atoms with E-state index in [1.165, 1.54) is 16.8 Å². The maximum Gasteiger partial charge on any atom is 0.153 e. The minimum atomic E-state index is -0.338. The quantitative estimate of drug-likeness (QED) is 0.701. The molecule has 1 aromatic carbocycles. The molecular weight excluding hydrogens is 195 g/mol. The number of halogens is 1. The number of hydrogen-bond donors (Lipinski definition) is 0. The van der Waals surface area contributed by atoms with Gasteiger partial charge in [0.1, 0.15) is 11.5 Å². The highest BCUT2D eigenvalue weighted by Gasteiger charge is 2.09. The van der Waals surface area contributed by atoms with Gasteiger partial charge in [-0.3, -0.25) is 9.48 Å². The number of carbonyl (C=O) groups excluding carboxylic acids is 1. The van der Waals surface area contributed by atoms with Gasteiger partial charge < -0.3 is 0 Å². The van der Waals surface area contributed by atoms with Crippen LogP contribution in [-0.4, -0.2) is 16.1 Å². The zero-order valence-corrected chi connectivity index (χ0v) is 8.14. The van der Waals surface area contributed by atoms with Crippen molar-refractivity contribution in [3.05, 3.63) is 41.8 Å². The monoisotopic (exact) mass is 204 g/mol. The van der Waals surface area contributed by atoms with Crippen LogP contribution in [0.3, 0.4) is 0 Å². The van der Waals surface area contributed by atoms with Crippen LogP contribution in [0.5, 0.6) is 0 Å². The Morgan fingerprint density at radius 3 is 2.93 bits per heavy atom. The smallest absolute Gasteiger partial charge is 0.153 e. The summed E-state index contributed by atoms with van der Waals surface area (Å²) in [6.07, 6.45) is 2.32. The van der Waals surface area contributed by atoms with Crippen molar-refractivity contribution in [1.29, 1.82) is 0 Å². The Balaban J connectivity index is 2.57. The molecule has 0 fully saturated rings. The third kappa shape index (κ3) is 1.79. The normalized spacial score (nSPS) is 10.3. The van der Waals surface area contributed by atoms with Crippen LogP contribution in [0.1, 0.15) is 10.4 Å². The largest absolute Gasteiger partial charge is 0.298 e. The first-order valence-electron chi connectivity index (χ1n) is 4.45. The van der Waals surface area contributed by atoms with E-state index in [0.717, 1.165) is 0 Å². The molecule has 15 heavy (non-hydrogen) atoms. The number of aryl methyl sites for hydroxylation is 1. The van der Waals surface area contributed by atoms with Crippen molar-refractivity contribution >= 4 is 6.29 Å². The van der Waals surface area contributed by atoms with Crippen LogP contribution in [0.4, 0.5) is 4.39 Å². The fourth-order valence-corrected chi connectivity index (χ4v) is 1.45. The average Bonchev–Trinajstić information content (AvgIpc) is 2.59. The molecule has 0 unspecified atom stereocenters. The summed E-state index contributed by atoms with van der Waals surface area (Å²) in [7, 11) is 1.72. The van der Waals surface area contributed by atoms with Crippen LogP contribution >= 0.6 is 0 Å². The topological polar surface area (TPSA) is 34.9 Å². The first kappa shape index (κ1) is 9.58. The van der Waals surface area contributed by atoms with Crippen molar-refractivity contribution in [1.82, 2.24) is 9.78 Å². The molecule has 2 rings (SSSR count). The van der Waals surface area contributed by atoms with Crippen LogP contribution in [-0.2, 0) is 7.05 Å². The lowest BCUT2D eigenvalue weighted by Gasteiger charge is -1.97. The minimum absolute atomic E-state index is 0.338. The Labute approximate surface area is 86.2 Å². The lowest BCUT2D eigenvalue weighted by molar-refractivity contribution is 0.112. The number of aromatic nitrogens is 2. The number of hydrogen-bond acceptors (Lipinski definition) is 2. The fourth-order valence-electron chi connectivity index (χ4n) is 1.45. The summed E-state index contributed by atoms with van der Waals surface area (Å²) < 4.78 is 14.5. The first-order chi connectivity index (χ1) is 7.20. The molecule has 4 heteroatoms. The van der Waals surface area contributed by atoms with Crippen molar-refractivity contribution in [3.8, 4) is 11.3 Å².